The fraction of sp³-hybridized carbons (Fsp3) is 0.269. The van der Waals surface area contributed by atoms with Gasteiger partial charge in [0.15, 0.2) is 0 Å². The van der Waals surface area contributed by atoms with Gasteiger partial charge in [0.05, 0.1) is 17.2 Å². The van der Waals surface area contributed by atoms with Crippen molar-refractivity contribution < 1.29 is 22.3 Å². The average Bonchev–Trinajstić information content (AvgIpc) is 2.84. The van der Waals surface area contributed by atoms with Crippen LogP contribution >= 0.6 is 11.8 Å². The number of sulfonamides is 1. The molecule has 0 saturated heterocycles. The van der Waals surface area contributed by atoms with Crippen LogP contribution in [0.15, 0.2) is 77.7 Å². The van der Waals surface area contributed by atoms with E-state index in [0.717, 1.165) is 9.87 Å². The number of carbonyl (C=O) groups excluding carboxylic acids is 1. The largest absolute Gasteiger partial charge is 0.492 e. The highest BCUT2D eigenvalue weighted by Crippen LogP contribution is 2.32. The molecule has 35 heavy (non-hydrogen) atoms. The van der Waals surface area contributed by atoms with E-state index < -0.39 is 22.5 Å². The van der Waals surface area contributed by atoms with Crippen LogP contribution in [0.2, 0.25) is 0 Å². The first-order valence-electron chi connectivity index (χ1n) is 11.2. The van der Waals surface area contributed by atoms with E-state index in [0.29, 0.717) is 41.7 Å². The summed E-state index contributed by atoms with van der Waals surface area (Å²) in [6.45, 7) is 3.94. The van der Waals surface area contributed by atoms with E-state index in [4.69, 9.17) is 4.74 Å². The molecule has 0 fully saturated rings. The summed E-state index contributed by atoms with van der Waals surface area (Å²) in [5.74, 6) is 0.713. The van der Waals surface area contributed by atoms with Crippen LogP contribution in [0.3, 0.4) is 0 Å². The highest BCUT2D eigenvalue weighted by atomic mass is 32.2. The van der Waals surface area contributed by atoms with Crippen molar-refractivity contribution in [3.63, 3.8) is 0 Å². The van der Waals surface area contributed by atoms with Gasteiger partial charge in [0.1, 0.15) is 18.1 Å². The van der Waals surface area contributed by atoms with Gasteiger partial charge in [0.2, 0.25) is 5.91 Å². The molecule has 1 amide bonds. The summed E-state index contributed by atoms with van der Waals surface area (Å²) in [6.07, 6.45) is 0. The molecule has 0 atom stereocenters. The Bertz CT molecular complexity index is 1230. The van der Waals surface area contributed by atoms with Crippen LogP contribution in [0.1, 0.15) is 18.1 Å². The van der Waals surface area contributed by atoms with Crippen molar-refractivity contribution in [2.45, 2.75) is 24.5 Å². The first kappa shape index (κ1) is 26.6. The van der Waals surface area contributed by atoms with Crippen molar-refractivity contribution in [1.29, 1.82) is 0 Å². The quantitative estimate of drug-likeness (QED) is 0.351. The SMILES string of the molecule is CCOc1ccccc1N(CC(=O)NCCSCc1ccccc1F)S(=O)(=O)c1ccc(C)cc1. The third-order valence-electron chi connectivity index (χ3n) is 5.11. The number of nitrogens with zero attached hydrogens (tertiary/aromatic N) is 1. The van der Waals surface area contributed by atoms with Crippen molar-refractivity contribution in [2.75, 3.05) is 29.8 Å². The van der Waals surface area contributed by atoms with Gasteiger partial charge in [-0.3, -0.25) is 9.10 Å². The molecule has 0 aliphatic rings. The Kier molecular flexibility index (Phi) is 9.56. The molecule has 0 radical (unpaired) electrons. The number of amides is 1. The van der Waals surface area contributed by atoms with E-state index in [1.165, 1.54) is 30.0 Å². The number of aryl methyl sites for hydroxylation is 1. The Balaban J connectivity index is 1.71. The molecular weight excluding hydrogens is 487 g/mol. The van der Waals surface area contributed by atoms with Crippen LogP contribution < -0.4 is 14.4 Å². The second kappa shape index (κ2) is 12.6. The van der Waals surface area contributed by atoms with Crippen molar-refractivity contribution >= 4 is 33.4 Å². The zero-order valence-electron chi connectivity index (χ0n) is 19.7. The second-order valence-electron chi connectivity index (χ2n) is 7.72. The van der Waals surface area contributed by atoms with Gasteiger partial charge >= 0.3 is 0 Å². The molecule has 0 aliphatic carbocycles. The van der Waals surface area contributed by atoms with Gasteiger partial charge in [0.25, 0.3) is 10.0 Å². The maximum Gasteiger partial charge on any atom is 0.264 e. The van der Waals surface area contributed by atoms with Gasteiger partial charge in [-0.15, -0.1) is 0 Å². The Labute approximate surface area is 210 Å². The molecule has 1 N–H and O–H groups in total. The predicted octanol–water partition coefficient (Wildman–Crippen LogP) is 4.78. The van der Waals surface area contributed by atoms with Crippen molar-refractivity contribution in [3.8, 4) is 5.75 Å². The standard InChI is InChI=1S/C26H29FN2O4S2/c1-3-33-25-11-7-6-10-24(25)29(35(31,32)22-14-12-20(2)13-15-22)18-26(30)28-16-17-34-19-21-8-4-5-9-23(21)27/h4-15H,3,16-19H2,1-2H3,(H,28,30). The molecule has 0 heterocycles. The van der Waals surface area contributed by atoms with E-state index in [2.05, 4.69) is 5.32 Å². The Morgan fingerprint density at radius 1 is 1.03 bits per heavy atom. The molecule has 186 valence electrons. The lowest BCUT2D eigenvalue weighted by Crippen LogP contribution is -2.41. The molecule has 0 bridgehead atoms. The first-order valence-corrected chi connectivity index (χ1v) is 13.8. The molecule has 9 heteroatoms. The summed E-state index contributed by atoms with van der Waals surface area (Å²) in [4.78, 5) is 12.9. The van der Waals surface area contributed by atoms with E-state index in [1.807, 2.05) is 6.92 Å². The normalized spacial score (nSPS) is 11.2. The molecule has 3 aromatic carbocycles. The fourth-order valence-electron chi connectivity index (χ4n) is 3.32. The molecule has 0 spiro atoms. The lowest BCUT2D eigenvalue weighted by molar-refractivity contribution is -0.119. The summed E-state index contributed by atoms with van der Waals surface area (Å²) in [7, 11) is -4.04. The Hall–Kier alpha value is -3.04. The maximum atomic E-state index is 13.7. The van der Waals surface area contributed by atoms with E-state index in [9.17, 15) is 17.6 Å². The number of benzene rings is 3. The first-order chi connectivity index (χ1) is 16.8. The molecule has 0 saturated carbocycles. The van der Waals surface area contributed by atoms with Gasteiger partial charge < -0.3 is 10.1 Å². The van der Waals surface area contributed by atoms with E-state index >= 15 is 0 Å². The maximum absolute atomic E-state index is 13.7. The van der Waals surface area contributed by atoms with E-state index in [1.54, 1.807) is 61.5 Å². The summed E-state index contributed by atoms with van der Waals surface area (Å²) < 4.78 is 47.6. The number of ether oxygens (including phenoxy) is 1. The Morgan fingerprint density at radius 2 is 1.71 bits per heavy atom. The number of hydrogen-bond acceptors (Lipinski definition) is 5. The predicted molar refractivity (Wildman–Crippen MR) is 139 cm³/mol. The lowest BCUT2D eigenvalue weighted by atomic mass is 10.2. The van der Waals surface area contributed by atoms with Gasteiger partial charge in [-0.05, 0) is 49.7 Å². The second-order valence-corrected chi connectivity index (χ2v) is 10.7. The van der Waals surface area contributed by atoms with Crippen molar-refractivity contribution in [1.82, 2.24) is 5.32 Å². The van der Waals surface area contributed by atoms with Crippen LogP contribution in [0, 0.1) is 12.7 Å². The van der Waals surface area contributed by atoms with E-state index in [-0.39, 0.29) is 10.7 Å². The third kappa shape index (κ3) is 7.22. The average molecular weight is 517 g/mol. The zero-order chi connectivity index (χ0) is 25.3. The number of carbonyl (C=O) groups is 1. The highest BCUT2D eigenvalue weighted by molar-refractivity contribution is 7.98. The minimum atomic E-state index is -4.04. The van der Waals surface area contributed by atoms with Crippen LogP contribution in [0.5, 0.6) is 5.75 Å². The van der Waals surface area contributed by atoms with Crippen LogP contribution in [0.4, 0.5) is 10.1 Å². The number of nitrogens with one attached hydrogen (secondary N) is 1. The number of thioether (sulfide) groups is 1. The summed E-state index contributed by atoms with van der Waals surface area (Å²) in [6, 6.07) is 19.8. The van der Waals surface area contributed by atoms with Gasteiger partial charge in [-0.2, -0.15) is 11.8 Å². The molecule has 0 aromatic heterocycles. The minimum absolute atomic E-state index is 0.0858. The molecule has 0 aliphatic heterocycles. The smallest absolute Gasteiger partial charge is 0.264 e. The van der Waals surface area contributed by atoms with Crippen LogP contribution in [0.25, 0.3) is 0 Å². The zero-order valence-corrected chi connectivity index (χ0v) is 21.4. The molecular formula is C26H29FN2O4S2. The topological polar surface area (TPSA) is 75.7 Å². The third-order valence-corrected chi connectivity index (χ3v) is 7.90. The van der Waals surface area contributed by atoms with Crippen molar-refractivity contribution in [3.05, 3.63) is 89.7 Å². The minimum Gasteiger partial charge on any atom is -0.492 e. The number of anilines is 1. The molecule has 3 aromatic rings. The Morgan fingerprint density at radius 3 is 2.43 bits per heavy atom. The summed E-state index contributed by atoms with van der Waals surface area (Å²) in [5.41, 5.74) is 1.82. The van der Waals surface area contributed by atoms with Crippen molar-refractivity contribution in [2.24, 2.45) is 0 Å². The van der Waals surface area contributed by atoms with Gasteiger partial charge in [0, 0.05) is 18.1 Å². The van der Waals surface area contributed by atoms with Crippen LogP contribution in [-0.4, -0.2) is 39.8 Å². The molecule has 0 unspecified atom stereocenters. The molecule has 3 rings (SSSR count). The molecule has 6 nitrogen and oxygen atoms in total. The highest BCUT2D eigenvalue weighted by Gasteiger charge is 2.29. The summed E-state index contributed by atoms with van der Waals surface area (Å²) >= 11 is 1.48. The number of para-hydroxylation sites is 2. The number of hydrogen-bond donors (Lipinski definition) is 1. The number of halogens is 1. The lowest BCUT2D eigenvalue weighted by Gasteiger charge is -2.26. The summed E-state index contributed by atoms with van der Waals surface area (Å²) in [5, 5.41) is 2.77. The monoisotopic (exact) mass is 516 g/mol. The number of rotatable bonds is 12. The fourth-order valence-corrected chi connectivity index (χ4v) is 5.60. The van der Waals surface area contributed by atoms with Gasteiger partial charge in [-0.25, -0.2) is 12.8 Å². The van der Waals surface area contributed by atoms with Crippen LogP contribution in [-0.2, 0) is 20.6 Å². The van der Waals surface area contributed by atoms with Gasteiger partial charge in [-0.1, -0.05) is 48.0 Å².